The molecular weight excluding hydrogens is 501 g/mol. The minimum Gasteiger partial charge on any atom is -0.490 e. The predicted octanol–water partition coefficient (Wildman–Crippen LogP) is 2.79. The molecule has 0 unspecified atom stereocenters. The minimum absolute atomic E-state index is 0.00104. The van der Waals surface area contributed by atoms with Crippen LogP contribution in [0.5, 0.6) is 5.75 Å². The molecule has 1 aromatic carbocycles. The van der Waals surface area contributed by atoms with E-state index < -0.39 is 17.3 Å². The molecule has 208 valence electrons. The van der Waals surface area contributed by atoms with Gasteiger partial charge in [-0.25, -0.2) is 5.10 Å². The lowest BCUT2D eigenvalue weighted by Crippen LogP contribution is -2.43. The first kappa shape index (κ1) is 27.9. The lowest BCUT2D eigenvalue weighted by molar-refractivity contribution is -0.138. The van der Waals surface area contributed by atoms with Crippen molar-refractivity contribution in [3.05, 3.63) is 51.4 Å². The second-order valence-electron chi connectivity index (χ2n) is 9.89. The molecule has 0 radical (unpaired) electrons. The van der Waals surface area contributed by atoms with Gasteiger partial charge in [0.25, 0.3) is 5.56 Å². The number of ether oxygens (including phenoxy) is 1. The highest BCUT2D eigenvalue weighted by atomic mass is 19.4. The SMILES string of the molecule is NCCCCCCNC(=O)CN1CCC(Oc2ccc3c(c2)CN(c2cn[nH]c(=O)c2C(F)(F)F)C3)CC1. The minimum atomic E-state index is -4.78. The fourth-order valence-electron chi connectivity index (χ4n) is 5.00. The number of likely N-dealkylation sites (tertiary alicyclic amines) is 1. The van der Waals surface area contributed by atoms with Gasteiger partial charge in [-0.3, -0.25) is 14.5 Å². The van der Waals surface area contributed by atoms with E-state index in [4.69, 9.17) is 10.5 Å². The molecule has 38 heavy (non-hydrogen) atoms. The molecule has 3 heterocycles. The first-order valence-electron chi connectivity index (χ1n) is 13.1. The molecule has 4 N–H and O–H groups in total. The van der Waals surface area contributed by atoms with Gasteiger partial charge in [0.15, 0.2) is 0 Å². The largest absolute Gasteiger partial charge is 0.490 e. The number of amides is 1. The van der Waals surface area contributed by atoms with Gasteiger partial charge < -0.3 is 20.7 Å². The quantitative estimate of drug-likeness (QED) is 0.378. The molecule has 0 bridgehead atoms. The molecule has 0 aliphatic carbocycles. The van der Waals surface area contributed by atoms with Crippen molar-refractivity contribution in [2.75, 3.05) is 37.6 Å². The van der Waals surface area contributed by atoms with E-state index in [-0.39, 0.29) is 30.8 Å². The molecule has 9 nitrogen and oxygen atoms in total. The summed E-state index contributed by atoms with van der Waals surface area (Å²) in [7, 11) is 0. The molecule has 2 aromatic rings. The summed E-state index contributed by atoms with van der Waals surface area (Å²) in [4.78, 5) is 27.7. The molecule has 2 aliphatic heterocycles. The first-order chi connectivity index (χ1) is 18.2. The summed E-state index contributed by atoms with van der Waals surface area (Å²) in [5, 5.41) is 8.43. The number of nitrogens with zero attached hydrogens (tertiary/aromatic N) is 3. The molecule has 0 spiro atoms. The maximum Gasteiger partial charge on any atom is 0.423 e. The highest BCUT2D eigenvalue weighted by molar-refractivity contribution is 5.78. The van der Waals surface area contributed by atoms with Crippen LogP contribution in [0.3, 0.4) is 0 Å². The van der Waals surface area contributed by atoms with Crippen LogP contribution in [0.2, 0.25) is 0 Å². The Hall–Kier alpha value is -3.12. The number of hydrogen-bond donors (Lipinski definition) is 3. The van der Waals surface area contributed by atoms with E-state index in [2.05, 4.69) is 15.3 Å². The maximum atomic E-state index is 13.5. The van der Waals surface area contributed by atoms with Gasteiger partial charge in [-0.2, -0.15) is 18.3 Å². The molecule has 0 atom stereocenters. The molecule has 1 aromatic heterocycles. The van der Waals surface area contributed by atoms with Crippen LogP contribution in [0, 0.1) is 0 Å². The van der Waals surface area contributed by atoms with Gasteiger partial charge in [-0.05, 0) is 55.5 Å². The van der Waals surface area contributed by atoms with Crippen LogP contribution >= 0.6 is 0 Å². The smallest absolute Gasteiger partial charge is 0.423 e. The number of piperidine rings is 1. The van der Waals surface area contributed by atoms with Crippen LogP contribution in [0.1, 0.15) is 55.2 Å². The van der Waals surface area contributed by atoms with Gasteiger partial charge in [0.2, 0.25) is 5.91 Å². The number of benzene rings is 1. The first-order valence-corrected chi connectivity index (χ1v) is 13.1. The van der Waals surface area contributed by atoms with Crippen LogP contribution < -0.4 is 26.2 Å². The molecule has 1 fully saturated rings. The lowest BCUT2D eigenvalue weighted by atomic mass is 10.1. The van der Waals surface area contributed by atoms with Crippen molar-refractivity contribution in [2.45, 2.75) is 63.9 Å². The van der Waals surface area contributed by atoms with E-state index in [0.717, 1.165) is 68.9 Å². The Balaban J connectivity index is 1.25. The molecule has 1 saturated heterocycles. The Morgan fingerprint density at radius 3 is 2.61 bits per heavy atom. The number of anilines is 1. The summed E-state index contributed by atoms with van der Waals surface area (Å²) < 4.78 is 46.7. The number of nitrogens with one attached hydrogen (secondary N) is 2. The zero-order valence-corrected chi connectivity index (χ0v) is 21.4. The average Bonchev–Trinajstić information content (AvgIpc) is 3.30. The number of aromatic amines is 1. The van der Waals surface area contributed by atoms with Gasteiger partial charge in [0, 0.05) is 32.7 Å². The lowest BCUT2D eigenvalue weighted by Gasteiger charge is -2.31. The number of aromatic nitrogens is 2. The van der Waals surface area contributed by atoms with E-state index >= 15 is 0 Å². The number of H-pyrrole nitrogens is 1. The zero-order chi connectivity index (χ0) is 27.1. The molecule has 12 heteroatoms. The van der Waals surface area contributed by atoms with Gasteiger partial charge in [0.05, 0.1) is 18.4 Å². The second kappa shape index (κ2) is 12.6. The third-order valence-electron chi connectivity index (χ3n) is 7.02. The van der Waals surface area contributed by atoms with E-state index in [1.807, 2.05) is 23.3 Å². The summed E-state index contributed by atoms with van der Waals surface area (Å²) in [5.41, 5.74) is 4.50. The van der Waals surface area contributed by atoms with Crippen molar-refractivity contribution in [3.63, 3.8) is 0 Å². The third-order valence-corrected chi connectivity index (χ3v) is 7.02. The van der Waals surface area contributed by atoms with Crippen molar-refractivity contribution in [2.24, 2.45) is 5.73 Å². The molecular formula is C26H35F3N6O3. The fraction of sp³-hybridized carbons (Fsp3) is 0.577. The van der Waals surface area contributed by atoms with E-state index in [9.17, 15) is 22.8 Å². The Labute approximate surface area is 219 Å². The number of fused-ring (bicyclic) bond motifs is 1. The number of rotatable bonds is 11. The number of unbranched alkanes of at least 4 members (excludes halogenated alkanes) is 3. The van der Waals surface area contributed by atoms with Gasteiger partial charge >= 0.3 is 6.18 Å². The Bertz CT molecular complexity index is 1150. The van der Waals surface area contributed by atoms with Crippen molar-refractivity contribution in [3.8, 4) is 5.75 Å². The van der Waals surface area contributed by atoms with Gasteiger partial charge in [-0.15, -0.1) is 0 Å². The number of alkyl halides is 3. The van der Waals surface area contributed by atoms with Gasteiger partial charge in [-0.1, -0.05) is 18.9 Å². The monoisotopic (exact) mass is 536 g/mol. The second-order valence-corrected chi connectivity index (χ2v) is 9.89. The van der Waals surface area contributed by atoms with Crippen molar-refractivity contribution >= 4 is 11.6 Å². The molecule has 1 amide bonds. The van der Waals surface area contributed by atoms with E-state index in [1.165, 1.54) is 4.90 Å². The van der Waals surface area contributed by atoms with E-state index in [0.29, 0.717) is 25.4 Å². The zero-order valence-electron chi connectivity index (χ0n) is 21.4. The Morgan fingerprint density at radius 1 is 1.13 bits per heavy atom. The highest BCUT2D eigenvalue weighted by Crippen LogP contribution is 2.37. The predicted molar refractivity (Wildman–Crippen MR) is 137 cm³/mol. The number of carbonyl (C=O) groups is 1. The summed E-state index contributed by atoms with van der Waals surface area (Å²) in [6.45, 7) is 3.75. The number of hydrogen-bond acceptors (Lipinski definition) is 7. The average molecular weight is 537 g/mol. The summed E-state index contributed by atoms with van der Waals surface area (Å²) in [5.74, 6) is 0.701. The van der Waals surface area contributed by atoms with Crippen molar-refractivity contribution in [1.82, 2.24) is 20.4 Å². The topological polar surface area (TPSA) is 117 Å². The summed E-state index contributed by atoms with van der Waals surface area (Å²) in [6, 6.07) is 5.54. The number of carbonyl (C=O) groups excluding carboxylic acids is 1. The molecule has 4 rings (SSSR count). The van der Waals surface area contributed by atoms with Crippen LogP contribution in [0.15, 0.2) is 29.2 Å². The van der Waals surface area contributed by atoms with Crippen LogP contribution in [-0.4, -0.2) is 59.8 Å². The Morgan fingerprint density at radius 2 is 1.87 bits per heavy atom. The van der Waals surface area contributed by atoms with Crippen molar-refractivity contribution in [1.29, 1.82) is 0 Å². The van der Waals surface area contributed by atoms with Crippen LogP contribution in [0.25, 0.3) is 0 Å². The summed E-state index contributed by atoms with van der Waals surface area (Å²) >= 11 is 0. The van der Waals surface area contributed by atoms with Crippen LogP contribution in [0.4, 0.5) is 18.9 Å². The number of halogens is 3. The standard InChI is InChI=1S/C26H35F3N6O3/c27-26(28,29)24-22(14-32-33-25(24)37)35-15-18-5-6-21(13-19(18)16-35)38-20-7-11-34(12-8-20)17-23(36)31-10-4-2-1-3-9-30/h5-6,13-14,20H,1-4,7-12,15-17,30H2,(H,31,36)(H,33,37). The molecule has 0 saturated carbocycles. The number of nitrogens with two attached hydrogens (primary N) is 1. The van der Waals surface area contributed by atoms with Crippen molar-refractivity contribution < 1.29 is 22.7 Å². The normalized spacial score (nSPS) is 16.5. The van der Waals surface area contributed by atoms with Gasteiger partial charge in [0.1, 0.15) is 17.4 Å². The highest BCUT2D eigenvalue weighted by Gasteiger charge is 2.39. The summed E-state index contributed by atoms with van der Waals surface area (Å²) in [6.07, 6.45) is 1.97. The maximum absolute atomic E-state index is 13.5. The Kier molecular flexibility index (Phi) is 9.26. The molecule has 2 aliphatic rings. The fourth-order valence-corrected chi connectivity index (χ4v) is 5.00. The van der Waals surface area contributed by atoms with E-state index in [1.54, 1.807) is 0 Å². The third kappa shape index (κ3) is 7.25. The van der Waals surface area contributed by atoms with Crippen LogP contribution in [-0.2, 0) is 24.1 Å².